The van der Waals surface area contributed by atoms with Gasteiger partial charge in [0.25, 0.3) is 0 Å². The summed E-state index contributed by atoms with van der Waals surface area (Å²) in [7, 11) is -4.67. The van der Waals surface area contributed by atoms with Crippen LogP contribution in [0.1, 0.15) is 5.56 Å². The first-order chi connectivity index (χ1) is 6.22. The van der Waals surface area contributed by atoms with E-state index in [2.05, 4.69) is 0 Å². The molecule has 3 N–H and O–H groups in total. The first-order valence-corrected chi connectivity index (χ1v) is 4.75. The molecule has 0 saturated carbocycles. The molecule has 0 aliphatic carbocycles. The van der Waals surface area contributed by atoms with E-state index in [1.165, 1.54) is 25.1 Å². The van der Waals surface area contributed by atoms with Crippen molar-refractivity contribution in [1.82, 2.24) is 0 Å². The second-order valence-electron chi connectivity index (χ2n) is 2.33. The van der Waals surface area contributed by atoms with Crippen LogP contribution in [0.3, 0.4) is 0 Å². The van der Waals surface area contributed by atoms with Crippen molar-refractivity contribution >= 4 is 10.4 Å². The van der Waals surface area contributed by atoms with Crippen LogP contribution in [0.15, 0.2) is 18.2 Å². The fraction of sp³-hybridized carbons (Fsp3) is 0.143. The number of aromatic hydroxyl groups is 1. The van der Waals surface area contributed by atoms with Crippen LogP contribution >= 0.6 is 0 Å². The quantitative estimate of drug-likeness (QED) is 0.575. The Kier molecular flexibility index (Phi) is 4.48. The van der Waals surface area contributed by atoms with Crippen LogP contribution in [0.4, 0.5) is 4.39 Å². The third-order valence-corrected chi connectivity index (χ3v) is 1.24. The van der Waals surface area contributed by atoms with Crippen LogP contribution in [0.5, 0.6) is 5.75 Å². The summed E-state index contributed by atoms with van der Waals surface area (Å²) in [6, 6.07) is 4.24. The van der Waals surface area contributed by atoms with Crippen LogP contribution in [0.25, 0.3) is 0 Å². The van der Waals surface area contributed by atoms with E-state index in [1.54, 1.807) is 0 Å². The first kappa shape index (κ1) is 12.8. The molecule has 1 aromatic rings. The van der Waals surface area contributed by atoms with Crippen molar-refractivity contribution in [3.63, 3.8) is 0 Å². The molecule has 1 rings (SSSR count). The van der Waals surface area contributed by atoms with Gasteiger partial charge in [-0.3, -0.25) is 9.11 Å². The van der Waals surface area contributed by atoms with Gasteiger partial charge in [-0.05, 0) is 19.1 Å². The topological polar surface area (TPSA) is 94.8 Å². The number of hydrogen-bond donors (Lipinski definition) is 3. The van der Waals surface area contributed by atoms with Crippen molar-refractivity contribution in [2.24, 2.45) is 0 Å². The summed E-state index contributed by atoms with van der Waals surface area (Å²) in [6.07, 6.45) is 0. The van der Waals surface area contributed by atoms with E-state index in [1.807, 2.05) is 0 Å². The summed E-state index contributed by atoms with van der Waals surface area (Å²) >= 11 is 0. The molecule has 0 amide bonds. The van der Waals surface area contributed by atoms with E-state index in [0.29, 0.717) is 5.56 Å². The molecule has 0 aliphatic rings. The van der Waals surface area contributed by atoms with E-state index in [-0.39, 0.29) is 11.6 Å². The summed E-state index contributed by atoms with van der Waals surface area (Å²) in [4.78, 5) is 0. The third kappa shape index (κ3) is 6.35. The van der Waals surface area contributed by atoms with Gasteiger partial charge >= 0.3 is 10.4 Å². The highest BCUT2D eigenvalue weighted by Crippen LogP contribution is 2.16. The SMILES string of the molecule is Cc1c(O)cccc1F.O=S(=O)(O)O. The predicted octanol–water partition coefficient (Wildman–Crippen LogP) is 1.19. The maximum absolute atomic E-state index is 12.4. The summed E-state index contributed by atoms with van der Waals surface area (Å²) < 4.78 is 44.0. The number of rotatable bonds is 0. The molecule has 5 nitrogen and oxygen atoms in total. The number of benzene rings is 1. The van der Waals surface area contributed by atoms with Gasteiger partial charge in [0.2, 0.25) is 0 Å². The van der Waals surface area contributed by atoms with Crippen LogP contribution in [-0.4, -0.2) is 22.6 Å². The Balaban J connectivity index is 0.000000292. The van der Waals surface area contributed by atoms with Gasteiger partial charge in [-0.1, -0.05) is 6.07 Å². The van der Waals surface area contributed by atoms with Gasteiger partial charge < -0.3 is 5.11 Å². The van der Waals surface area contributed by atoms with Gasteiger partial charge in [-0.2, -0.15) is 8.42 Å². The van der Waals surface area contributed by atoms with E-state index < -0.39 is 10.4 Å². The molecule has 0 saturated heterocycles. The van der Waals surface area contributed by atoms with Crippen molar-refractivity contribution in [3.8, 4) is 5.75 Å². The zero-order valence-electron chi connectivity index (χ0n) is 7.18. The molecule has 0 fully saturated rings. The second kappa shape index (κ2) is 4.89. The third-order valence-electron chi connectivity index (χ3n) is 1.24. The minimum atomic E-state index is -4.67. The fourth-order valence-corrected chi connectivity index (χ4v) is 0.596. The highest BCUT2D eigenvalue weighted by atomic mass is 32.3. The minimum Gasteiger partial charge on any atom is -0.508 e. The molecule has 80 valence electrons. The molecule has 0 spiro atoms. The summed E-state index contributed by atoms with van der Waals surface area (Å²) in [5, 5.41) is 8.86. The van der Waals surface area contributed by atoms with Crippen molar-refractivity contribution in [3.05, 3.63) is 29.6 Å². The lowest BCUT2D eigenvalue weighted by Crippen LogP contribution is -1.89. The molecule has 0 unspecified atom stereocenters. The largest absolute Gasteiger partial charge is 0.508 e. The second-order valence-corrected chi connectivity index (χ2v) is 3.23. The summed E-state index contributed by atoms with van der Waals surface area (Å²) in [5.74, 6) is -0.356. The Hall–Kier alpha value is -1.18. The van der Waals surface area contributed by atoms with Gasteiger partial charge in [-0.15, -0.1) is 0 Å². The molecule has 0 aromatic heterocycles. The molecular formula is C7H9FO5S. The summed E-state index contributed by atoms with van der Waals surface area (Å²) in [5.41, 5.74) is 0.303. The molecule has 7 heteroatoms. The summed E-state index contributed by atoms with van der Waals surface area (Å²) in [6.45, 7) is 1.53. The Bertz CT molecular complexity index is 372. The lowest BCUT2D eigenvalue weighted by molar-refractivity contribution is 0.381. The van der Waals surface area contributed by atoms with E-state index in [4.69, 9.17) is 22.6 Å². The highest BCUT2D eigenvalue weighted by molar-refractivity contribution is 7.79. The molecule has 0 atom stereocenters. The van der Waals surface area contributed by atoms with Crippen molar-refractivity contribution < 1.29 is 27.0 Å². The average molecular weight is 224 g/mol. The zero-order valence-corrected chi connectivity index (χ0v) is 7.99. The maximum atomic E-state index is 12.4. The normalized spacial score (nSPS) is 10.3. The smallest absolute Gasteiger partial charge is 0.394 e. The van der Waals surface area contributed by atoms with Crippen molar-refractivity contribution in [2.75, 3.05) is 0 Å². The van der Waals surface area contributed by atoms with Crippen molar-refractivity contribution in [2.45, 2.75) is 6.92 Å². The highest BCUT2D eigenvalue weighted by Gasteiger charge is 1.98. The molecule has 0 aliphatic heterocycles. The van der Waals surface area contributed by atoms with Gasteiger partial charge in [0.1, 0.15) is 11.6 Å². The van der Waals surface area contributed by atoms with Crippen LogP contribution in [0, 0.1) is 12.7 Å². The fourth-order valence-electron chi connectivity index (χ4n) is 0.596. The minimum absolute atomic E-state index is 0.00926. The number of halogens is 1. The molecule has 1 aromatic carbocycles. The van der Waals surface area contributed by atoms with Crippen LogP contribution in [0.2, 0.25) is 0 Å². The first-order valence-electron chi connectivity index (χ1n) is 3.36. The monoisotopic (exact) mass is 224 g/mol. The van der Waals surface area contributed by atoms with E-state index >= 15 is 0 Å². The molecule has 14 heavy (non-hydrogen) atoms. The Labute approximate surface area is 80.4 Å². The Morgan fingerprint density at radius 1 is 1.29 bits per heavy atom. The van der Waals surface area contributed by atoms with Gasteiger partial charge in [0.15, 0.2) is 0 Å². The zero-order chi connectivity index (χ0) is 11.4. The number of hydrogen-bond acceptors (Lipinski definition) is 3. The molecule has 0 heterocycles. The van der Waals surface area contributed by atoms with Gasteiger partial charge in [0, 0.05) is 5.56 Å². The van der Waals surface area contributed by atoms with Gasteiger partial charge in [-0.25, -0.2) is 4.39 Å². The standard InChI is InChI=1S/C7H7FO.H2O4S/c1-5-6(8)3-2-4-7(5)9;1-5(2,3)4/h2-4,9H,1H3;(H2,1,2,3,4). The molecular weight excluding hydrogens is 215 g/mol. The van der Waals surface area contributed by atoms with E-state index in [0.717, 1.165) is 0 Å². The average Bonchev–Trinajstić information content (AvgIpc) is 1.97. The predicted molar refractivity (Wildman–Crippen MR) is 47.0 cm³/mol. The lowest BCUT2D eigenvalue weighted by Gasteiger charge is -1.96. The van der Waals surface area contributed by atoms with Crippen molar-refractivity contribution in [1.29, 1.82) is 0 Å². The van der Waals surface area contributed by atoms with Gasteiger partial charge in [0.05, 0.1) is 0 Å². The van der Waals surface area contributed by atoms with Crippen LogP contribution < -0.4 is 0 Å². The Morgan fingerprint density at radius 2 is 1.71 bits per heavy atom. The lowest BCUT2D eigenvalue weighted by atomic mass is 10.2. The Morgan fingerprint density at radius 3 is 2.00 bits per heavy atom. The molecule has 0 bridgehead atoms. The van der Waals surface area contributed by atoms with E-state index in [9.17, 15) is 4.39 Å². The van der Waals surface area contributed by atoms with Crippen LogP contribution in [-0.2, 0) is 10.4 Å². The molecule has 0 radical (unpaired) electrons. The maximum Gasteiger partial charge on any atom is 0.394 e. The number of phenolic OH excluding ortho intramolecular Hbond substituents is 1. The number of phenols is 1.